The molecular weight excluding hydrogens is 376 g/mol. The number of benzene rings is 3. The summed E-state index contributed by atoms with van der Waals surface area (Å²) in [4.78, 5) is 32.3. The number of pyridine rings is 1. The number of rotatable bonds is 4. The summed E-state index contributed by atoms with van der Waals surface area (Å²) in [5.74, 6) is 0.0470. The van der Waals surface area contributed by atoms with E-state index in [1.54, 1.807) is 31.5 Å². The van der Waals surface area contributed by atoms with Gasteiger partial charge < -0.3 is 4.74 Å². The van der Waals surface area contributed by atoms with Crippen molar-refractivity contribution in [3.8, 4) is 16.9 Å². The van der Waals surface area contributed by atoms with Gasteiger partial charge in [-0.25, -0.2) is 0 Å². The highest BCUT2D eigenvalue weighted by Gasteiger charge is 2.39. The zero-order valence-corrected chi connectivity index (χ0v) is 16.3. The van der Waals surface area contributed by atoms with Gasteiger partial charge in [-0.15, -0.1) is 0 Å². The molecule has 2 heterocycles. The van der Waals surface area contributed by atoms with Crippen LogP contribution in [-0.4, -0.2) is 28.8 Å². The van der Waals surface area contributed by atoms with E-state index in [0.29, 0.717) is 22.6 Å². The third-order valence-electron chi connectivity index (χ3n) is 5.41. The van der Waals surface area contributed by atoms with Gasteiger partial charge in [0.2, 0.25) is 0 Å². The molecule has 0 aliphatic carbocycles. The molecule has 0 saturated heterocycles. The van der Waals surface area contributed by atoms with Crippen molar-refractivity contribution in [3.05, 3.63) is 95.8 Å². The van der Waals surface area contributed by atoms with Crippen molar-refractivity contribution in [3.63, 3.8) is 0 Å². The molecule has 1 aliphatic rings. The summed E-state index contributed by atoms with van der Waals surface area (Å²) in [5.41, 5.74) is 3.13. The van der Waals surface area contributed by atoms with Gasteiger partial charge in [-0.1, -0.05) is 48.5 Å². The third-order valence-corrected chi connectivity index (χ3v) is 5.41. The van der Waals surface area contributed by atoms with E-state index in [1.165, 1.54) is 4.90 Å². The molecular formula is C25H18N2O3. The highest BCUT2D eigenvalue weighted by Crippen LogP contribution is 2.41. The van der Waals surface area contributed by atoms with Crippen molar-refractivity contribution in [1.29, 1.82) is 0 Å². The van der Waals surface area contributed by atoms with Gasteiger partial charge in [0, 0.05) is 17.1 Å². The number of hydrogen-bond acceptors (Lipinski definition) is 4. The zero-order chi connectivity index (χ0) is 20.7. The fraction of sp³-hybridized carbons (Fsp3) is 0.0800. The van der Waals surface area contributed by atoms with Crippen LogP contribution < -0.4 is 4.74 Å². The predicted octanol–water partition coefficient (Wildman–Crippen LogP) is 4.71. The Labute approximate surface area is 173 Å². The van der Waals surface area contributed by atoms with Crippen LogP contribution in [0.3, 0.4) is 0 Å². The molecule has 5 nitrogen and oxygen atoms in total. The van der Waals surface area contributed by atoms with E-state index in [1.807, 2.05) is 54.6 Å². The fourth-order valence-corrected chi connectivity index (χ4v) is 4.04. The Bertz CT molecular complexity index is 1280. The minimum Gasteiger partial charge on any atom is -0.496 e. The number of hydrogen-bond donors (Lipinski definition) is 0. The van der Waals surface area contributed by atoms with E-state index in [-0.39, 0.29) is 18.4 Å². The molecule has 5 rings (SSSR count). The monoisotopic (exact) mass is 394 g/mol. The molecule has 4 aromatic rings. The van der Waals surface area contributed by atoms with E-state index >= 15 is 0 Å². The molecule has 146 valence electrons. The number of methoxy groups -OCH3 is 1. The van der Waals surface area contributed by atoms with Gasteiger partial charge in [0.1, 0.15) is 5.75 Å². The SMILES string of the molecule is COc1cccc2c(-c3ccccc3)c3c(cc12)C(=O)N(Cc1ccccn1)C3=O. The van der Waals surface area contributed by atoms with Gasteiger partial charge in [0.15, 0.2) is 0 Å². The number of fused-ring (bicyclic) bond motifs is 2. The second-order valence-corrected chi connectivity index (χ2v) is 7.11. The van der Waals surface area contributed by atoms with E-state index in [4.69, 9.17) is 4.74 Å². The van der Waals surface area contributed by atoms with Gasteiger partial charge in [0.25, 0.3) is 11.8 Å². The number of carbonyl (C=O) groups excluding carboxylic acids is 2. The summed E-state index contributed by atoms with van der Waals surface area (Å²) >= 11 is 0. The van der Waals surface area contributed by atoms with E-state index in [2.05, 4.69) is 4.98 Å². The molecule has 0 N–H and O–H groups in total. The molecule has 0 bridgehead atoms. The number of aromatic nitrogens is 1. The zero-order valence-electron chi connectivity index (χ0n) is 16.3. The molecule has 1 aromatic heterocycles. The lowest BCUT2D eigenvalue weighted by Crippen LogP contribution is -2.29. The quantitative estimate of drug-likeness (QED) is 0.471. The normalized spacial score (nSPS) is 13.0. The van der Waals surface area contributed by atoms with Crippen molar-refractivity contribution in [2.24, 2.45) is 0 Å². The van der Waals surface area contributed by atoms with Crippen molar-refractivity contribution >= 4 is 22.6 Å². The second-order valence-electron chi connectivity index (χ2n) is 7.11. The largest absolute Gasteiger partial charge is 0.496 e. The van der Waals surface area contributed by atoms with Crippen molar-refractivity contribution in [2.75, 3.05) is 7.11 Å². The topological polar surface area (TPSA) is 59.5 Å². The first-order valence-corrected chi connectivity index (χ1v) is 9.64. The van der Waals surface area contributed by atoms with Crippen molar-refractivity contribution < 1.29 is 14.3 Å². The highest BCUT2D eigenvalue weighted by molar-refractivity contribution is 6.27. The Hall–Kier alpha value is -3.99. The van der Waals surface area contributed by atoms with Gasteiger partial charge in [-0.2, -0.15) is 0 Å². The number of nitrogens with zero attached hydrogens (tertiary/aromatic N) is 2. The Morgan fingerprint density at radius 3 is 2.37 bits per heavy atom. The van der Waals surface area contributed by atoms with Crippen molar-refractivity contribution in [1.82, 2.24) is 9.88 Å². The van der Waals surface area contributed by atoms with Gasteiger partial charge in [0.05, 0.1) is 30.5 Å². The minimum atomic E-state index is -0.314. The van der Waals surface area contributed by atoms with Crippen LogP contribution in [0.2, 0.25) is 0 Å². The van der Waals surface area contributed by atoms with Crippen LogP contribution in [0.1, 0.15) is 26.4 Å². The lowest BCUT2D eigenvalue weighted by molar-refractivity contribution is 0.0640. The smallest absolute Gasteiger partial charge is 0.262 e. The molecule has 0 fully saturated rings. The summed E-state index contributed by atoms with van der Waals surface area (Å²) in [6, 6.07) is 22.6. The van der Waals surface area contributed by atoms with Gasteiger partial charge >= 0.3 is 0 Å². The van der Waals surface area contributed by atoms with E-state index in [9.17, 15) is 9.59 Å². The standard InChI is InChI=1S/C25H18N2O3/c1-30-21-12-7-11-18-19(21)14-20-23(22(18)16-8-3-2-4-9-16)25(29)27(24(20)28)15-17-10-5-6-13-26-17/h2-14H,15H2,1H3. The van der Waals surface area contributed by atoms with Crippen LogP contribution in [0.25, 0.3) is 21.9 Å². The summed E-state index contributed by atoms with van der Waals surface area (Å²) in [6.07, 6.45) is 1.65. The molecule has 0 spiro atoms. The van der Waals surface area contributed by atoms with Crippen molar-refractivity contribution in [2.45, 2.75) is 6.54 Å². The average Bonchev–Trinajstić information content (AvgIpc) is 3.03. The molecule has 3 aromatic carbocycles. The maximum atomic E-state index is 13.4. The summed E-state index contributed by atoms with van der Waals surface area (Å²) in [7, 11) is 1.60. The first-order chi connectivity index (χ1) is 14.7. The van der Waals surface area contributed by atoms with Crippen LogP contribution >= 0.6 is 0 Å². The van der Waals surface area contributed by atoms with Gasteiger partial charge in [-0.3, -0.25) is 19.5 Å². The molecule has 0 unspecified atom stereocenters. The molecule has 5 heteroatoms. The molecule has 2 amide bonds. The fourth-order valence-electron chi connectivity index (χ4n) is 4.04. The van der Waals surface area contributed by atoms with Crippen LogP contribution in [-0.2, 0) is 6.54 Å². The highest BCUT2D eigenvalue weighted by atomic mass is 16.5. The molecule has 0 radical (unpaired) electrons. The van der Waals surface area contributed by atoms with Gasteiger partial charge in [-0.05, 0) is 35.2 Å². The Balaban J connectivity index is 1.76. The third kappa shape index (κ3) is 2.75. The number of imide groups is 1. The van der Waals surface area contributed by atoms with Crippen LogP contribution in [0, 0.1) is 0 Å². The lowest BCUT2D eigenvalue weighted by Gasteiger charge is -2.14. The maximum absolute atomic E-state index is 13.4. The van der Waals surface area contributed by atoms with E-state index < -0.39 is 0 Å². The summed E-state index contributed by atoms with van der Waals surface area (Å²) in [6.45, 7) is 0.134. The molecule has 1 aliphatic heterocycles. The van der Waals surface area contributed by atoms with Crippen LogP contribution in [0.5, 0.6) is 5.75 Å². The Morgan fingerprint density at radius 2 is 1.63 bits per heavy atom. The van der Waals surface area contributed by atoms with E-state index in [0.717, 1.165) is 21.9 Å². The number of ether oxygens (including phenoxy) is 1. The summed E-state index contributed by atoms with van der Waals surface area (Å²) < 4.78 is 5.54. The number of amides is 2. The minimum absolute atomic E-state index is 0.134. The number of carbonyl (C=O) groups is 2. The van der Waals surface area contributed by atoms with Crippen LogP contribution in [0.15, 0.2) is 79.0 Å². The molecule has 0 saturated carbocycles. The summed E-state index contributed by atoms with van der Waals surface area (Å²) in [5, 5.41) is 1.68. The first-order valence-electron chi connectivity index (χ1n) is 9.64. The molecule has 0 atom stereocenters. The second kappa shape index (κ2) is 7.12. The maximum Gasteiger partial charge on any atom is 0.262 e. The molecule has 30 heavy (non-hydrogen) atoms. The van der Waals surface area contributed by atoms with Crippen LogP contribution in [0.4, 0.5) is 0 Å². The lowest BCUT2D eigenvalue weighted by atomic mass is 9.90. The Morgan fingerprint density at radius 1 is 0.833 bits per heavy atom. The Kier molecular flexibility index (Phi) is 4.29. The average molecular weight is 394 g/mol. The predicted molar refractivity (Wildman–Crippen MR) is 114 cm³/mol. The first kappa shape index (κ1) is 18.1.